The summed E-state index contributed by atoms with van der Waals surface area (Å²) in [6.07, 6.45) is 2.42. The largest absolute Gasteiger partial charge is 0.481 e. The molecule has 6 nitrogen and oxygen atoms in total. The number of aromatic nitrogens is 2. The van der Waals surface area contributed by atoms with Gasteiger partial charge in [0, 0.05) is 18.8 Å². The summed E-state index contributed by atoms with van der Waals surface area (Å²) in [7, 11) is 0. The Bertz CT molecular complexity index is 894. The van der Waals surface area contributed by atoms with Crippen LogP contribution in [0.25, 0.3) is 5.69 Å². The van der Waals surface area contributed by atoms with Gasteiger partial charge in [-0.3, -0.25) is 9.59 Å². The van der Waals surface area contributed by atoms with Crippen LogP contribution in [-0.2, 0) is 4.79 Å². The van der Waals surface area contributed by atoms with Crippen LogP contribution in [0.3, 0.4) is 0 Å². The minimum atomic E-state index is -0.784. The van der Waals surface area contributed by atoms with Gasteiger partial charge in [-0.2, -0.15) is 5.10 Å². The minimum absolute atomic E-state index is 0.0377. The Morgan fingerprint density at radius 1 is 1.35 bits per heavy atom. The van der Waals surface area contributed by atoms with Gasteiger partial charge in [-0.05, 0) is 43.9 Å². The third kappa shape index (κ3) is 2.51. The maximum atomic E-state index is 12.9. The van der Waals surface area contributed by atoms with Gasteiger partial charge in [-0.15, -0.1) is 0 Å². The third-order valence-electron chi connectivity index (χ3n) is 5.77. The van der Waals surface area contributed by atoms with E-state index >= 15 is 0 Å². The van der Waals surface area contributed by atoms with E-state index in [9.17, 15) is 14.7 Å². The lowest BCUT2D eigenvalue weighted by Crippen LogP contribution is -2.37. The number of hydrogen-bond acceptors (Lipinski definition) is 3. The average Bonchev–Trinajstić information content (AvgIpc) is 3.27. The molecule has 1 aliphatic carbocycles. The van der Waals surface area contributed by atoms with Crippen LogP contribution in [0.5, 0.6) is 0 Å². The molecule has 2 heterocycles. The average molecular weight is 374 g/mol. The van der Waals surface area contributed by atoms with E-state index in [1.165, 1.54) is 0 Å². The summed E-state index contributed by atoms with van der Waals surface area (Å²) in [6, 6.07) is 9.05. The van der Waals surface area contributed by atoms with E-state index in [2.05, 4.69) is 5.10 Å². The minimum Gasteiger partial charge on any atom is -0.481 e. The highest BCUT2D eigenvalue weighted by Crippen LogP contribution is 2.49. The maximum Gasteiger partial charge on any atom is 0.311 e. The molecule has 1 saturated heterocycles. The predicted octanol–water partition coefficient (Wildman–Crippen LogP) is 3.16. The van der Waals surface area contributed by atoms with Crippen LogP contribution >= 0.6 is 11.6 Å². The lowest BCUT2D eigenvalue weighted by molar-refractivity contribution is -0.149. The molecule has 4 rings (SSSR count). The highest BCUT2D eigenvalue weighted by molar-refractivity contribution is 6.32. The Hall–Kier alpha value is -2.34. The number of aryl methyl sites for hydroxylation is 1. The number of carbonyl (C=O) groups is 2. The number of likely N-dealkylation sites (tertiary alicyclic amines) is 1. The SMILES string of the molecule is Cc1cc(C(=O)N2C[C@@H]3CCC[C@@]3(C(=O)O)C2)nn1-c1ccccc1Cl. The number of nitrogens with zero attached hydrogens (tertiary/aromatic N) is 3. The zero-order chi connectivity index (χ0) is 18.5. The van der Waals surface area contributed by atoms with Gasteiger partial charge in [0.2, 0.25) is 0 Å². The fourth-order valence-electron chi connectivity index (χ4n) is 4.40. The van der Waals surface area contributed by atoms with Crippen LogP contribution in [0.15, 0.2) is 30.3 Å². The van der Waals surface area contributed by atoms with Crippen LogP contribution < -0.4 is 0 Å². The highest BCUT2D eigenvalue weighted by atomic mass is 35.5. The van der Waals surface area contributed by atoms with Crippen LogP contribution in [0.2, 0.25) is 5.02 Å². The van der Waals surface area contributed by atoms with Crippen molar-refractivity contribution in [2.24, 2.45) is 11.3 Å². The number of para-hydroxylation sites is 1. The molecular weight excluding hydrogens is 354 g/mol. The smallest absolute Gasteiger partial charge is 0.311 e. The Kier molecular flexibility index (Phi) is 4.03. The fraction of sp³-hybridized carbons (Fsp3) is 0.421. The maximum absolute atomic E-state index is 12.9. The van der Waals surface area contributed by atoms with E-state index in [0.29, 0.717) is 29.4 Å². The second-order valence-corrected chi connectivity index (χ2v) is 7.68. The lowest BCUT2D eigenvalue weighted by atomic mass is 9.81. The molecule has 136 valence electrons. The number of halogens is 1. The summed E-state index contributed by atoms with van der Waals surface area (Å²) < 4.78 is 1.65. The van der Waals surface area contributed by atoms with Crippen molar-refractivity contribution < 1.29 is 14.7 Å². The number of carboxylic acids is 1. The molecule has 26 heavy (non-hydrogen) atoms. The molecule has 1 amide bonds. The summed E-state index contributed by atoms with van der Waals surface area (Å²) in [5.74, 6) is -0.960. The third-order valence-corrected chi connectivity index (χ3v) is 6.09. The van der Waals surface area contributed by atoms with Gasteiger partial charge in [0.25, 0.3) is 5.91 Å². The first kappa shape index (κ1) is 17.1. The summed E-state index contributed by atoms with van der Waals surface area (Å²) >= 11 is 6.24. The zero-order valence-corrected chi connectivity index (χ0v) is 15.2. The number of aliphatic carboxylic acids is 1. The Morgan fingerprint density at radius 2 is 2.12 bits per heavy atom. The summed E-state index contributed by atoms with van der Waals surface area (Å²) in [5, 5.41) is 14.7. The number of hydrogen-bond donors (Lipinski definition) is 1. The monoisotopic (exact) mass is 373 g/mol. The molecular formula is C19H20ClN3O3. The molecule has 2 aliphatic rings. The van der Waals surface area contributed by atoms with Crippen molar-refractivity contribution in [3.63, 3.8) is 0 Å². The van der Waals surface area contributed by atoms with E-state index in [1.807, 2.05) is 25.1 Å². The van der Waals surface area contributed by atoms with E-state index in [-0.39, 0.29) is 18.4 Å². The zero-order valence-electron chi connectivity index (χ0n) is 14.5. The van der Waals surface area contributed by atoms with E-state index < -0.39 is 11.4 Å². The molecule has 1 saturated carbocycles. The topological polar surface area (TPSA) is 75.4 Å². The second kappa shape index (κ2) is 6.13. The van der Waals surface area contributed by atoms with E-state index in [4.69, 9.17) is 11.6 Å². The van der Waals surface area contributed by atoms with Crippen LogP contribution in [0, 0.1) is 18.3 Å². The second-order valence-electron chi connectivity index (χ2n) is 7.27. The van der Waals surface area contributed by atoms with Crippen molar-refractivity contribution in [1.29, 1.82) is 0 Å². The Balaban J connectivity index is 1.62. The fourth-order valence-corrected chi connectivity index (χ4v) is 4.62. The quantitative estimate of drug-likeness (QED) is 0.896. The highest BCUT2D eigenvalue weighted by Gasteiger charge is 2.56. The molecule has 2 fully saturated rings. The number of benzene rings is 1. The van der Waals surface area contributed by atoms with Crippen molar-refractivity contribution in [2.75, 3.05) is 13.1 Å². The first-order valence-electron chi connectivity index (χ1n) is 8.76. The van der Waals surface area contributed by atoms with Crippen LogP contribution in [0.1, 0.15) is 35.4 Å². The standard InChI is InChI=1S/C19H20ClN3O3/c1-12-9-15(21-23(12)16-7-3-2-6-14(16)20)17(24)22-10-13-5-4-8-19(13,11-22)18(25)26/h2-3,6-7,9,13H,4-5,8,10-11H2,1H3,(H,25,26)/t13-,19+/m0/s1. The first-order chi connectivity index (χ1) is 12.4. The number of rotatable bonds is 3. The van der Waals surface area contributed by atoms with Crippen LogP contribution in [-0.4, -0.2) is 44.8 Å². The van der Waals surface area contributed by atoms with Crippen molar-refractivity contribution >= 4 is 23.5 Å². The van der Waals surface area contributed by atoms with Crippen molar-refractivity contribution in [1.82, 2.24) is 14.7 Å². The molecule has 0 bridgehead atoms. The van der Waals surface area contributed by atoms with E-state index in [1.54, 1.807) is 21.7 Å². The van der Waals surface area contributed by atoms with Gasteiger partial charge < -0.3 is 10.0 Å². The van der Waals surface area contributed by atoms with Gasteiger partial charge in [0.05, 0.1) is 16.1 Å². The van der Waals surface area contributed by atoms with Crippen LogP contribution in [0.4, 0.5) is 0 Å². The number of carbonyl (C=O) groups excluding carboxylic acids is 1. The molecule has 0 radical (unpaired) electrons. The molecule has 1 N–H and O–H groups in total. The van der Waals surface area contributed by atoms with Gasteiger partial charge >= 0.3 is 5.97 Å². The Labute approximate surface area is 156 Å². The molecule has 2 aromatic rings. The molecule has 2 atom stereocenters. The molecule has 1 aliphatic heterocycles. The predicted molar refractivity (Wildman–Crippen MR) is 96.6 cm³/mol. The first-order valence-corrected chi connectivity index (χ1v) is 9.14. The number of carboxylic acid groups (broad SMARTS) is 1. The molecule has 0 spiro atoms. The van der Waals surface area contributed by atoms with Gasteiger partial charge in [-0.25, -0.2) is 4.68 Å². The lowest BCUT2D eigenvalue weighted by Gasteiger charge is -2.23. The summed E-state index contributed by atoms with van der Waals surface area (Å²) in [6.45, 7) is 2.62. The van der Waals surface area contributed by atoms with Crippen molar-refractivity contribution in [2.45, 2.75) is 26.2 Å². The van der Waals surface area contributed by atoms with Crippen molar-refractivity contribution in [3.8, 4) is 5.69 Å². The molecule has 0 unspecified atom stereocenters. The van der Waals surface area contributed by atoms with Gasteiger partial charge in [0.1, 0.15) is 0 Å². The van der Waals surface area contributed by atoms with Gasteiger partial charge in [0.15, 0.2) is 5.69 Å². The summed E-state index contributed by atoms with van der Waals surface area (Å²) in [5.41, 5.74) is 1.05. The number of amides is 1. The van der Waals surface area contributed by atoms with Crippen molar-refractivity contribution in [3.05, 3.63) is 46.7 Å². The summed E-state index contributed by atoms with van der Waals surface area (Å²) in [4.78, 5) is 26.4. The molecule has 1 aromatic heterocycles. The van der Waals surface area contributed by atoms with Gasteiger partial charge in [-0.1, -0.05) is 30.2 Å². The Morgan fingerprint density at radius 3 is 2.81 bits per heavy atom. The molecule has 7 heteroatoms. The normalized spacial score (nSPS) is 24.7. The molecule has 1 aromatic carbocycles. The van der Waals surface area contributed by atoms with E-state index in [0.717, 1.165) is 18.5 Å². The number of fused-ring (bicyclic) bond motifs is 1.